The fourth-order valence-corrected chi connectivity index (χ4v) is 1.77. The van der Waals surface area contributed by atoms with Crippen LogP contribution in [0.4, 0.5) is 13.2 Å². The van der Waals surface area contributed by atoms with Crippen molar-refractivity contribution in [3.63, 3.8) is 0 Å². The lowest BCUT2D eigenvalue weighted by Crippen LogP contribution is -2.38. The van der Waals surface area contributed by atoms with Crippen LogP contribution in [0.2, 0.25) is 0 Å². The SMILES string of the molecule is CSCCC(C)N(C)CC(C#N)C(F)(F)F. The molecule has 0 saturated heterocycles. The van der Waals surface area contributed by atoms with E-state index in [4.69, 9.17) is 5.26 Å². The molecule has 0 rings (SSSR count). The Morgan fingerprint density at radius 3 is 2.38 bits per heavy atom. The number of halogens is 3. The zero-order chi connectivity index (χ0) is 12.8. The molecule has 0 radical (unpaired) electrons. The Morgan fingerprint density at radius 2 is 2.00 bits per heavy atom. The minimum Gasteiger partial charge on any atom is -0.302 e. The van der Waals surface area contributed by atoms with E-state index in [1.807, 2.05) is 13.2 Å². The zero-order valence-electron chi connectivity index (χ0n) is 9.71. The summed E-state index contributed by atoms with van der Waals surface area (Å²) < 4.78 is 37.0. The van der Waals surface area contributed by atoms with Crippen molar-refractivity contribution in [1.82, 2.24) is 4.90 Å². The number of nitriles is 1. The molecule has 0 spiro atoms. The Morgan fingerprint density at radius 1 is 1.44 bits per heavy atom. The van der Waals surface area contributed by atoms with Gasteiger partial charge < -0.3 is 4.90 Å². The highest BCUT2D eigenvalue weighted by atomic mass is 32.2. The van der Waals surface area contributed by atoms with Gasteiger partial charge in [0, 0.05) is 12.6 Å². The van der Waals surface area contributed by atoms with Crippen molar-refractivity contribution in [3.8, 4) is 6.07 Å². The van der Waals surface area contributed by atoms with Gasteiger partial charge in [0.25, 0.3) is 0 Å². The van der Waals surface area contributed by atoms with Crippen LogP contribution < -0.4 is 0 Å². The summed E-state index contributed by atoms with van der Waals surface area (Å²) in [6.07, 6.45) is -1.64. The van der Waals surface area contributed by atoms with Gasteiger partial charge in [-0.1, -0.05) is 0 Å². The molecule has 0 aliphatic rings. The maximum Gasteiger partial charge on any atom is 0.405 e. The Labute approximate surface area is 98.8 Å². The molecule has 0 saturated carbocycles. The summed E-state index contributed by atoms with van der Waals surface area (Å²) in [4.78, 5) is 1.59. The average Bonchev–Trinajstić information content (AvgIpc) is 2.20. The van der Waals surface area contributed by atoms with Gasteiger partial charge in [-0.2, -0.15) is 30.2 Å². The van der Waals surface area contributed by atoms with Gasteiger partial charge in [0.05, 0.1) is 6.07 Å². The molecule has 16 heavy (non-hydrogen) atoms. The first-order valence-electron chi connectivity index (χ1n) is 4.98. The van der Waals surface area contributed by atoms with Gasteiger partial charge in [-0.05, 0) is 32.4 Å². The fraction of sp³-hybridized carbons (Fsp3) is 0.900. The van der Waals surface area contributed by atoms with E-state index in [1.165, 1.54) is 6.07 Å². The summed E-state index contributed by atoms with van der Waals surface area (Å²) in [7, 11) is 1.63. The molecule has 0 heterocycles. The monoisotopic (exact) mass is 254 g/mol. The summed E-state index contributed by atoms with van der Waals surface area (Å²) in [6.45, 7) is 1.62. The molecule has 0 aliphatic heterocycles. The van der Waals surface area contributed by atoms with Crippen LogP contribution in [0.25, 0.3) is 0 Å². The highest BCUT2D eigenvalue weighted by molar-refractivity contribution is 7.98. The second-order valence-corrected chi connectivity index (χ2v) is 4.78. The normalized spacial score (nSPS) is 15.9. The van der Waals surface area contributed by atoms with Crippen molar-refractivity contribution in [2.75, 3.05) is 25.6 Å². The molecule has 94 valence electrons. The molecule has 0 aromatic carbocycles. The molecule has 0 aromatic rings. The maximum absolute atomic E-state index is 12.3. The Balaban J connectivity index is 4.21. The second kappa shape index (κ2) is 7.02. The predicted octanol–water partition coefficient (Wildman–Crippen LogP) is 2.76. The third-order valence-corrected chi connectivity index (χ3v) is 3.16. The Hall–Kier alpha value is -0.410. The van der Waals surface area contributed by atoms with E-state index in [0.717, 1.165) is 12.2 Å². The molecule has 2 nitrogen and oxygen atoms in total. The fourth-order valence-electron chi connectivity index (χ4n) is 1.19. The summed E-state index contributed by atoms with van der Waals surface area (Å²) >= 11 is 1.66. The minimum atomic E-state index is -4.43. The summed E-state index contributed by atoms with van der Waals surface area (Å²) in [6, 6.07) is 1.37. The third-order valence-electron chi connectivity index (χ3n) is 2.51. The first-order chi connectivity index (χ1) is 7.32. The van der Waals surface area contributed by atoms with Crippen molar-refractivity contribution in [2.24, 2.45) is 5.92 Å². The van der Waals surface area contributed by atoms with Gasteiger partial charge in [0.1, 0.15) is 0 Å². The van der Waals surface area contributed by atoms with E-state index in [2.05, 4.69) is 0 Å². The highest BCUT2D eigenvalue weighted by Crippen LogP contribution is 2.26. The van der Waals surface area contributed by atoms with Gasteiger partial charge >= 0.3 is 6.18 Å². The maximum atomic E-state index is 12.3. The van der Waals surface area contributed by atoms with E-state index in [0.29, 0.717) is 0 Å². The van der Waals surface area contributed by atoms with Gasteiger partial charge in [0.2, 0.25) is 0 Å². The molecule has 0 fully saturated rings. The molecule has 2 unspecified atom stereocenters. The van der Waals surface area contributed by atoms with Crippen molar-refractivity contribution in [3.05, 3.63) is 0 Å². The van der Waals surface area contributed by atoms with Gasteiger partial charge in [-0.25, -0.2) is 0 Å². The first-order valence-corrected chi connectivity index (χ1v) is 6.37. The zero-order valence-corrected chi connectivity index (χ0v) is 10.5. The van der Waals surface area contributed by atoms with Crippen LogP contribution in [-0.4, -0.2) is 42.7 Å². The van der Waals surface area contributed by atoms with Crippen molar-refractivity contribution in [1.29, 1.82) is 5.26 Å². The number of nitrogens with zero attached hydrogens (tertiary/aromatic N) is 2. The lowest BCUT2D eigenvalue weighted by atomic mass is 10.1. The molecule has 0 aromatic heterocycles. The number of hydrogen-bond acceptors (Lipinski definition) is 3. The molecule has 0 aliphatic carbocycles. The van der Waals surface area contributed by atoms with Crippen LogP contribution in [0.15, 0.2) is 0 Å². The number of alkyl halides is 3. The van der Waals surface area contributed by atoms with Crippen LogP contribution in [-0.2, 0) is 0 Å². The average molecular weight is 254 g/mol. The standard InChI is InChI=1S/C10H17F3N2S/c1-8(4-5-16-3)15(2)7-9(6-14)10(11,12)13/h8-9H,4-5,7H2,1-3H3. The Kier molecular flexibility index (Phi) is 6.84. The van der Waals surface area contributed by atoms with Crippen LogP contribution >= 0.6 is 11.8 Å². The third kappa shape index (κ3) is 5.61. The van der Waals surface area contributed by atoms with E-state index in [-0.39, 0.29) is 12.6 Å². The quantitative estimate of drug-likeness (QED) is 0.729. The smallest absolute Gasteiger partial charge is 0.302 e. The van der Waals surface area contributed by atoms with E-state index < -0.39 is 12.1 Å². The lowest BCUT2D eigenvalue weighted by Gasteiger charge is -2.27. The first kappa shape index (κ1) is 15.6. The molecule has 0 bridgehead atoms. The predicted molar refractivity (Wildman–Crippen MR) is 60.2 cm³/mol. The van der Waals surface area contributed by atoms with Crippen LogP contribution in [0.5, 0.6) is 0 Å². The number of thioether (sulfide) groups is 1. The minimum absolute atomic E-state index is 0.0608. The molecule has 0 N–H and O–H groups in total. The largest absolute Gasteiger partial charge is 0.405 e. The molecular formula is C10H17F3N2S. The van der Waals surface area contributed by atoms with Gasteiger partial charge in [0.15, 0.2) is 5.92 Å². The van der Waals surface area contributed by atoms with E-state index >= 15 is 0 Å². The molecule has 0 amide bonds. The Bertz CT molecular complexity index is 237. The van der Waals surface area contributed by atoms with Crippen molar-refractivity contribution in [2.45, 2.75) is 25.6 Å². The number of rotatable bonds is 6. The van der Waals surface area contributed by atoms with Gasteiger partial charge in [-0.3, -0.25) is 0 Å². The van der Waals surface area contributed by atoms with Crippen molar-refractivity contribution < 1.29 is 13.2 Å². The number of hydrogen-bond donors (Lipinski definition) is 0. The van der Waals surface area contributed by atoms with E-state index in [1.54, 1.807) is 23.7 Å². The van der Waals surface area contributed by atoms with Gasteiger partial charge in [-0.15, -0.1) is 0 Å². The topological polar surface area (TPSA) is 27.0 Å². The second-order valence-electron chi connectivity index (χ2n) is 3.79. The summed E-state index contributed by atoms with van der Waals surface area (Å²) in [5, 5.41) is 8.47. The summed E-state index contributed by atoms with van der Waals surface area (Å²) in [5.41, 5.74) is 0. The van der Waals surface area contributed by atoms with E-state index in [9.17, 15) is 13.2 Å². The van der Waals surface area contributed by atoms with Crippen LogP contribution in [0, 0.1) is 17.2 Å². The van der Waals surface area contributed by atoms with Crippen molar-refractivity contribution >= 4 is 11.8 Å². The molecule has 6 heteroatoms. The highest BCUT2D eigenvalue weighted by Gasteiger charge is 2.40. The molecule has 2 atom stereocenters. The van der Waals surface area contributed by atoms with Crippen LogP contribution in [0.3, 0.4) is 0 Å². The van der Waals surface area contributed by atoms with Crippen LogP contribution in [0.1, 0.15) is 13.3 Å². The summed E-state index contributed by atoms with van der Waals surface area (Å²) in [5.74, 6) is -0.983. The lowest BCUT2D eigenvalue weighted by molar-refractivity contribution is -0.163. The molecular weight excluding hydrogens is 237 g/mol.